The summed E-state index contributed by atoms with van der Waals surface area (Å²) in [5.74, 6) is -0.685. The molecule has 1 aliphatic carbocycles. The third-order valence-electron chi connectivity index (χ3n) is 4.94. The average molecular weight is 306 g/mol. The van der Waals surface area contributed by atoms with Gasteiger partial charge in [0.25, 0.3) is 5.91 Å². The molecule has 0 aromatic rings. The van der Waals surface area contributed by atoms with Gasteiger partial charge >= 0.3 is 5.97 Å². The molecule has 4 aliphatic rings. The van der Waals surface area contributed by atoms with E-state index >= 15 is 0 Å². The monoisotopic (exact) mass is 306 g/mol. The standard InChI is InChI=1S/C15H18N2O5/c1-21-11-4-8(15(19)20)6-16-7-12-17(14(18)13(11)16)9-2-3-10(5-9)22-12/h6,9-10,12H,2-5,7H2,1H3,(H,19,20)/t9-,10+,12?/m1/s1. The molecule has 0 aromatic heterocycles. The number of ether oxygens (including phenoxy) is 2. The van der Waals surface area contributed by atoms with Gasteiger partial charge in [0.2, 0.25) is 0 Å². The highest BCUT2D eigenvalue weighted by molar-refractivity contribution is 5.97. The van der Waals surface area contributed by atoms with E-state index in [4.69, 9.17) is 9.47 Å². The van der Waals surface area contributed by atoms with Crippen LogP contribution < -0.4 is 0 Å². The second-order valence-electron chi connectivity index (χ2n) is 6.16. The lowest BCUT2D eigenvalue weighted by atomic mass is 10.0. The van der Waals surface area contributed by atoms with Crippen molar-refractivity contribution in [3.8, 4) is 0 Å². The average Bonchev–Trinajstić information content (AvgIpc) is 2.87. The molecule has 7 heteroatoms. The zero-order valence-electron chi connectivity index (χ0n) is 12.3. The number of methoxy groups -OCH3 is 1. The summed E-state index contributed by atoms with van der Waals surface area (Å²) in [6.45, 7) is 0.456. The number of piperazine rings is 1. The number of hydrogen-bond acceptors (Lipinski definition) is 5. The Labute approximate surface area is 127 Å². The molecule has 3 heterocycles. The van der Waals surface area contributed by atoms with Crippen LogP contribution in [-0.2, 0) is 19.1 Å². The van der Waals surface area contributed by atoms with E-state index in [9.17, 15) is 14.7 Å². The van der Waals surface area contributed by atoms with Crippen molar-refractivity contribution in [2.24, 2.45) is 0 Å². The van der Waals surface area contributed by atoms with Gasteiger partial charge in [0, 0.05) is 18.7 Å². The van der Waals surface area contributed by atoms with Crippen LogP contribution in [0.2, 0.25) is 0 Å². The fourth-order valence-corrected chi connectivity index (χ4v) is 3.94. The third kappa shape index (κ3) is 1.85. The second-order valence-corrected chi connectivity index (χ2v) is 6.16. The van der Waals surface area contributed by atoms with E-state index in [1.54, 1.807) is 4.90 Å². The molecule has 3 aliphatic heterocycles. The molecule has 3 atom stereocenters. The maximum absolute atomic E-state index is 12.9. The molecule has 3 fully saturated rings. The molecular formula is C15H18N2O5. The SMILES string of the molecule is COC1=C2C(=O)N3C(CN2C=C(C(=O)O)C1)O[C@H]1CC[C@@H]3C1. The molecule has 4 rings (SSSR count). The third-order valence-corrected chi connectivity index (χ3v) is 4.94. The van der Waals surface area contributed by atoms with E-state index in [0.717, 1.165) is 19.3 Å². The van der Waals surface area contributed by atoms with Gasteiger partial charge in [0.05, 0.1) is 25.3 Å². The van der Waals surface area contributed by atoms with Gasteiger partial charge in [-0.3, -0.25) is 4.79 Å². The van der Waals surface area contributed by atoms with Crippen LogP contribution in [0.1, 0.15) is 25.7 Å². The number of aliphatic carboxylic acids is 1. The minimum absolute atomic E-state index is 0.112. The number of hydrogen-bond donors (Lipinski definition) is 1. The molecule has 1 unspecified atom stereocenters. The Morgan fingerprint density at radius 2 is 2.27 bits per heavy atom. The van der Waals surface area contributed by atoms with Crippen LogP contribution in [0.3, 0.4) is 0 Å². The van der Waals surface area contributed by atoms with Gasteiger partial charge in [0.1, 0.15) is 11.5 Å². The Morgan fingerprint density at radius 1 is 1.45 bits per heavy atom. The van der Waals surface area contributed by atoms with Gasteiger partial charge < -0.3 is 24.4 Å². The number of fused-ring (bicyclic) bond motifs is 5. The minimum atomic E-state index is -0.992. The first kappa shape index (κ1) is 13.6. The molecule has 1 saturated carbocycles. The van der Waals surface area contributed by atoms with Crippen molar-refractivity contribution >= 4 is 11.9 Å². The molecule has 0 spiro atoms. The Kier molecular flexibility index (Phi) is 2.94. The summed E-state index contributed by atoms with van der Waals surface area (Å²) in [4.78, 5) is 27.7. The van der Waals surface area contributed by atoms with Gasteiger partial charge in [-0.2, -0.15) is 0 Å². The largest absolute Gasteiger partial charge is 0.498 e. The van der Waals surface area contributed by atoms with Crippen LogP contribution in [0.5, 0.6) is 0 Å². The molecule has 7 nitrogen and oxygen atoms in total. The van der Waals surface area contributed by atoms with Crippen molar-refractivity contribution in [1.29, 1.82) is 0 Å². The fraction of sp³-hybridized carbons (Fsp3) is 0.600. The minimum Gasteiger partial charge on any atom is -0.498 e. The summed E-state index contributed by atoms with van der Waals surface area (Å²) in [6.07, 6.45) is 4.44. The number of carbonyl (C=O) groups is 2. The zero-order valence-corrected chi connectivity index (χ0v) is 12.3. The fourth-order valence-electron chi connectivity index (χ4n) is 3.94. The summed E-state index contributed by atoms with van der Waals surface area (Å²) in [5, 5.41) is 9.23. The second kappa shape index (κ2) is 4.74. The van der Waals surface area contributed by atoms with E-state index in [1.807, 2.05) is 4.90 Å². The topological polar surface area (TPSA) is 79.3 Å². The quantitative estimate of drug-likeness (QED) is 0.806. The van der Waals surface area contributed by atoms with Crippen molar-refractivity contribution in [3.63, 3.8) is 0 Å². The first-order chi connectivity index (χ1) is 10.6. The Bertz CT molecular complexity index is 611. The smallest absolute Gasteiger partial charge is 0.333 e. The van der Waals surface area contributed by atoms with Crippen LogP contribution >= 0.6 is 0 Å². The van der Waals surface area contributed by atoms with Crippen LogP contribution in [0, 0.1) is 0 Å². The van der Waals surface area contributed by atoms with Crippen molar-refractivity contribution in [3.05, 3.63) is 23.2 Å². The van der Waals surface area contributed by atoms with Crippen LogP contribution in [-0.4, -0.2) is 58.8 Å². The molecule has 118 valence electrons. The van der Waals surface area contributed by atoms with Gasteiger partial charge in [0.15, 0.2) is 6.23 Å². The summed E-state index contributed by atoms with van der Waals surface area (Å²) in [7, 11) is 1.48. The number of nitrogens with zero attached hydrogens (tertiary/aromatic N) is 2. The number of allylic oxidation sites excluding steroid dienone is 1. The molecule has 1 amide bonds. The summed E-state index contributed by atoms with van der Waals surface area (Å²) in [6, 6.07) is 0.230. The maximum atomic E-state index is 12.9. The van der Waals surface area contributed by atoms with E-state index < -0.39 is 5.97 Å². The molecule has 0 aromatic carbocycles. The van der Waals surface area contributed by atoms with E-state index in [0.29, 0.717) is 18.0 Å². The Balaban J connectivity index is 1.72. The number of rotatable bonds is 2. The van der Waals surface area contributed by atoms with Crippen LogP contribution in [0.15, 0.2) is 23.2 Å². The van der Waals surface area contributed by atoms with Crippen LogP contribution in [0.4, 0.5) is 0 Å². The summed E-state index contributed by atoms with van der Waals surface area (Å²) >= 11 is 0. The van der Waals surface area contributed by atoms with Crippen molar-refractivity contribution in [2.45, 2.75) is 44.1 Å². The van der Waals surface area contributed by atoms with Gasteiger partial charge in [-0.15, -0.1) is 0 Å². The number of carboxylic acid groups (broad SMARTS) is 1. The van der Waals surface area contributed by atoms with E-state index in [1.165, 1.54) is 13.3 Å². The number of carbonyl (C=O) groups excluding carboxylic acids is 1. The van der Waals surface area contributed by atoms with E-state index in [-0.39, 0.29) is 36.3 Å². The molecule has 2 saturated heterocycles. The summed E-state index contributed by atoms with van der Waals surface area (Å²) < 4.78 is 11.3. The first-order valence-corrected chi connectivity index (χ1v) is 7.54. The lowest BCUT2D eigenvalue weighted by molar-refractivity contribution is -0.177. The van der Waals surface area contributed by atoms with Crippen molar-refractivity contribution < 1.29 is 24.2 Å². The molecule has 22 heavy (non-hydrogen) atoms. The highest BCUT2D eigenvalue weighted by Gasteiger charge is 2.49. The lowest BCUT2D eigenvalue weighted by Gasteiger charge is -2.48. The normalized spacial score (nSPS) is 33.4. The van der Waals surface area contributed by atoms with Crippen LogP contribution in [0.25, 0.3) is 0 Å². The Morgan fingerprint density at radius 3 is 3.00 bits per heavy atom. The van der Waals surface area contributed by atoms with Gasteiger partial charge in [-0.1, -0.05) is 0 Å². The summed E-state index contributed by atoms with van der Waals surface area (Å²) in [5.41, 5.74) is 0.679. The predicted octanol–water partition coefficient (Wildman–Crippen LogP) is 0.638. The predicted molar refractivity (Wildman–Crippen MR) is 74.2 cm³/mol. The maximum Gasteiger partial charge on any atom is 0.333 e. The highest BCUT2D eigenvalue weighted by atomic mass is 16.5. The molecule has 0 radical (unpaired) electrons. The lowest BCUT2D eigenvalue weighted by Crippen LogP contribution is -2.61. The van der Waals surface area contributed by atoms with E-state index in [2.05, 4.69) is 0 Å². The van der Waals surface area contributed by atoms with Crippen molar-refractivity contribution in [2.75, 3.05) is 13.7 Å². The molecular weight excluding hydrogens is 288 g/mol. The van der Waals surface area contributed by atoms with Gasteiger partial charge in [-0.25, -0.2) is 4.79 Å². The van der Waals surface area contributed by atoms with Crippen molar-refractivity contribution in [1.82, 2.24) is 9.80 Å². The Hall–Kier alpha value is -2.02. The zero-order chi connectivity index (χ0) is 15.4. The number of carboxylic acids is 1. The highest BCUT2D eigenvalue weighted by Crippen LogP contribution is 2.40. The van der Waals surface area contributed by atoms with Gasteiger partial charge in [-0.05, 0) is 19.3 Å². The number of amides is 1. The first-order valence-electron chi connectivity index (χ1n) is 7.54. The molecule has 1 N–H and O–H groups in total. The molecule has 2 bridgehead atoms.